The number of hydrogen-bond donors (Lipinski definition) is 2. The van der Waals surface area contributed by atoms with Gasteiger partial charge in [0.1, 0.15) is 0 Å². The molecule has 0 aromatic rings. The van der Waals surface area contributed by atoms with E-state index >= 15 is 0 Å². The van der Waals surface area contributed by atoms with Gasteiger partial charge in [-0.3, -0.25) is 0 Å². The van der Waals surface area contributed by atoms with E-state index in [4.69, 9.17) is 0 Å². The van der Waals surface area contributed by atoms with E-state index in [2.05, 4.69) is 51.9 Å². The minimum atomic E-state index is -0.132. The fourth-order valence-electron chi connectivity index (χ4n) is 2.35. The van der Waals surface area contributed by atoms with Crippen molar-refractivity contribution in [3.63, 3.8) is 0 Å². The smallest absolute Gasteiger partial charge is 0.0610 e. The minimum Gasteiger partial charge on any atom is -0.394 e. The fourth-order valence-corrected chi connectivity index (χ4v) is 2.35. The highest BCUT2D eigenvalue weighted by Gasteiger charge is 2.23. The molecule has 0 aromatic heterocycles. The summed E-state index contributed by atoms with van der Waals surface area (Å²) in [6, 6.07) is 0.417. The molecule has 0 saturated carbocycles. The van der Waals surface area contributed by atoms with E-state index in [1.165, 1.54) is 0 Å². The normalized spacial score (nSPS) is 15.9. The number of aliphatic hydroxyl groups is 1. The van der Waals surface area contributed by atoms with E-state index in [9.17, 15) is 5.11 Å². The second-order valence-corrected chi connectivity index (χ2v) is 6.28. The molecule has 0 radical (unpaired) electrons. The van der Waals surface area contributed by atoms with Crippen molar-refractivity contribution in [3.05, 3.63) is 0 Å². The average molecular weight is 244 g/mol. The molecule has 0 aliphatic carbocycles. The van der Waals surface area contributed by atoms with Gasteiger partial charge in [-0.1, -0.05) is 27.7 Å². The predicted molar refractivity (Wildman–Crippen MR) is 75.3 cm³/mol. The van der Waals surface area contributed by atoms with Gasteiger partial charge in [0.05, 0.1) is 6.61 Å². The van der Waals surface area contributed by atoms with Crippen LogP contribution in [0.1, 0.15) is 47.5 Å². The summed E-state index contributed by atoms with van der Waals surface area (Å²) in [7, 11) is 2.17. The monoisotopic (exact) mass is 244 g/mol. The van der Waals surface area contributed by atoms with E-state index in [1.807, 2.05) is 0 Å². The number of hydrogen-bond acceptors (Lipinski definition) is 3. The van der Waals surface area contributed by atoms with Crippen molar-refractivity contribution in [1.82, 2.24) is 10.2 Å². The first kappa shape index (κ1) is 16.9. The van der Waals surface area contributed by atoms with Gasteiger partial charge < -0.3 is 15.3 Å². The van der Waals surface area contributed by atoms with Crippen LogP contribution in [-0.2, 0) is 0 Å². The van der Waals surface area contributed by atoms with Crippen LogP contribution in [0.4, 0.5) is 0 Å². The van der Waals surface area contributed by atoms with Crippen LogP contribution in [0.5, 0.6) is 0 Å². The van der Waals surface area contributed by atoms with Crippen molar-refractivity contribution in [3.8, 4) is 0 Å². The highest BCUT2D eigenvalue weighted by atomic mass is 16.3. The molecule has 0 rings (SSSR count). The first-order valence-corrected chi connectivity index (χ1v) is 6.86. The van der Waals surface area contributed by atoms with Crippen LogP contribution in [0, 0.1) is 5.92 Å². The Bertz CT molecular complexity index is 195. The Labute approximate surface area is 108 Å². The molecule has 0 heterocycles. The summed E-state index contributed by atoms with van der Waals surface area (Å²) in [5.74, 6) is 0.720. The molecule has 0 bridgehead atoms. The van der Waals surface area contributed by atoms with Gasteiger partial charge in [-0.2, -0.15) is 0 Å². The molecule has 1 atom stereocenters. The Hall–Kier alpha value is -0.120. The summed E-state index contributed by atoms with van der Waals surface area (Å²) < 4.78 is 0. The van der Waals surface area contributed by atoms with E-state index in [-0.39, 0.29) is 12.1 Å². The number of rotatable bonds is 9. The molecule has 0 amide bonds. The first-order chi connectivity index (χ1) is 7.79. The minimum absolute atomic E-state index is 0.132. The Kier molecular flexibility index (Phi) is 8.01. The second-order valence-electron chi connectivity index (χ2n) is 6.28. The topological polar surface area (TPSA) is 35.5 Å². The molecule has 0 aliphatic heterocycles. The average Bonchev–Trinajstić information content (AvgIpc) is 2.15. The molecule has 1 unspecified atom stereocenters. The van der Waals surface area contributed by atoms with Gasteiger partial charge in [-0.05, 0) is 39.3 Å². The molecule has 0 aromatic carbocycles. The largest absolute Gasteiger partial charge is 0.394 e. The third kappa shape index (κ3) is 8.58. The maximum absolute atomic E-state index is 9.47. The van der Waals surface area contributed by atoms with Gasteiger partial charge >= 0.3 is 0 Å². The molecule has 0 spiro atoms. The number of aliphatic hydroxyl groups excluding tert-OH is 1. The van der Waals surface area contributed by atoms with Gasteiger partial charge in [0.2, 0.25) is 0 Å². The molecule has 3 nitrogen and oxygen atoms in total. The summed E-state index contributed by atoms with van der Waals surface area (Å²) in [5, 5.41) is 12.9. The zero-order chi connectivity index (χ0) is 13.5. The zero-order valence-electron chi connectivity index (χ0n) is 12.6. The molecular weight excluding hydrogens is 212 g/mol. The lowest BCUT2D eigenvalue weighted by Crippen LogP contribution is -2.49. The Morgan fingerprint density at radius 1 is 1.24 bits per heavy atom. The van der Waals surface area contributed by atoms with Crippen molar-refractivity contribution in [2.75, 3.05) is 26.7 Å². The van der Waals surface area contributed by atoms with E-state index < -0.39 is 0 Å². The van der Waals surface area contributed by atoms with Crippen LogP contribution in [-0.4, -0.2) is 48.3 Å². The summed E-state index contributed by atoms with van der Waals surface area (Å²) in [6.45, 7) is 13.3. The lowest BCUT2D eigenvalue weighted by atomic mass is 9.95. The van der Waals surface area contributed by atoms with E-state index in [1.54, 1.807) is 0 Å². The van der Waals surface area contributed by atoms with Crippen LogP contribution in [0.15, 0.2) is 0 Å². The van der Waals surface area contributed by atoms with Crippen LogP contribution in [0.2, 0.25) is 0 Å². The van der Waals surface area contributed by atoms with Gasteiger partial charge in [0.25, 0.3) is 0 Å². The van der Waals surface area contributed by atoms with Crippen LogP contribution >= 0.6 is 0 Å². The molecular formula is C14H32N2O. The number of nitrogens with one attached hydrogen (secondary N) is 1. The van der Waals surface area contributed by atoms with Crippen molar-refractivity contribution in [2.24, 2.45) is 5.92 Å². The second kappa shape index (κ2) is 8.06. The van der Waals surface area contributed by atoms with Crippen LogP contribution < -0.4 is 5.32 Å². The SMILES string of the molecule is CC(C)CN(C)CCCC(C)(CO)NC(C)C. The predicted octanol–water partition coefficient (Wildman–Crippen LogP) is 2.10. The maximum atomic E-state index is 9.47. The van der Waals surface area contributed by atoms with E-state index in [0.717, 1.165) is 31.8 Å². The maximum Gasteiger partial charge on any atom is 0.0610 e. The quantitative estimate of drug-likeness (QED) is 0.652. The first-order valence-electron chi connectivity index (χ1n) is 6.86. The van der Waals surface area contributed by atoms with Crippen molar-refractivity contribution >= 4 is 0 Å². The van der Waals surface area contributed by atoms with Crippen molar-refractivity contribution < 1.29 is 5.11 Å². The highest BCUT2D eigenvalue weighted by Crippen LogP contribution is 2.13. The number of nitrogens with zero attached hydrogens (tertiary/aromatic N) is 1. The van der Waals surface area contributed by atoms with Crippen LogP contribution in [0.25, 0.3) is 0 Å². The Balaban J connectivity index is 3.90. The van der Waals surface area contributed by atoms with E-state index in [0.29, 0.717) is 6.04 Å². The van der Waals surface area contributed by atoms with Crippen LogP contribution in [0.3, 0.4) is 0 Å². The van der Waals surface area contributed by atoms with Gasteiger partial charge in [0, 0.05) is 18.1 Å². The van der Waals surface area contributed by atoms with Crippen molar-refractivity contribution in [2.45, 2.75) is 59.0 Å². The lowest BCUT2D eigenvalue weighted by Gasteiger charge is -2.32. The van der Waals surface area contributed by atoms with Gasteiger partial charge in [-0.25, -0.2) is 0 Å². The molecule has 0 aliphatic rings. The van der Waals surface area contributed by atoms with Gasteiger partial charge in [-0.15, -0.1) is 0 Å². The summed E-state index contributed by atoms with van der Waals surface area (Å²) in [4.78, 5) is 2.37. The molecule has 0 fully saturated rings. The lowest BCUT2D eigenvalue weighted by molar-refractivity contribution is 0.149. The standard InChI is InChI=1S/C14H32N2O/c1-12(2)10-16(6)9-7-8-14(5,11-17)15-13(3)4/h12-13,15,17H,7-11H2,1-6H3. The third-order valence-corrected chi connectivity index (χ3v) is 2.93. The third-order valence-electron chi connectivity index (χ3n) is 2.93. The van der Waals surface area contributed by atoms with Crippen molar-refractivity contribution in [1.29, 1.82) is 0 Å². The Morgan fingerprint density at radius 2 is 1.82 bits per heavy atom. The summed E-state index contributed by atoms with van der Waals surface area (Å²) in [5.41, 5.74) is -0.132. The molecule has 3 heteroatoms. The molecule has 0 saturated heterocycles. The highest BCUT2D eigenvalue weighted by molar-refractivity contribution is 4.84. The summed E-state index contributed by atoms with van der Waals surface area (Å²) >= 11 is 0. The fraction of sp³-hybridized carbons (Fsp3) is 1.00. The van der Waals surface area contributed by atoms with Gasteiger partial charge in [0.15, 0.2) is 0 Å². The molecule has 2 N–H and O–H groups in total. The molecule has 17 heavy (non-hydrogen) atoms. The Morgan fingerprint density at radius 3 is 2.24 bits per heavy atom. The molecule has 104 valence electrons. The zero-order valence-corrected chi connectivity index (χ0v) is 12.6. The summed E-state index contributed by atoms with van der Waals surface area (Å²) in [6.07, 6.45) is 2.14.